The van der Waals surface area contributed by atoms with Gasteiger partial charge in [0.1, 0.15) is 0 Å². The minimum Gasteiger partial charge on any atom is -0.396 e. The molecule has 0 radical (unpaired) electrons. The second-order valence-electron chi connectivity index (χ2n) is 4.84. The topological polar surface area (TPSA) is 49.3 Å². The lowest BCUT2D eigenvalue weighted by atomic mass is 10.0. The third kappa shape index (κ3) is 5.16. The van der Waals surface area contributed by atoms with Crippen molar-refractivity contribution >= 4 is 35.2 Å². The molecule has 0 fully saturated rings. The van der Waals surface area contributed by atoms with E-state index in [2.05, 4.69) is 5.32 Å². The number of hydrogen-bond donors (Lipinski definition) is 2. The molecule has 110 valence electrons. The summed E-state index contributed by atoms with van der Waals surface area (Å²) in [5.41, 5.74) is 0.620. The molecule has 3 nitrogen and oxygen atoms in total. The molecule has 1 atom stereocenters. The van der Waals surface area contributed by atoms with E-state index >= 15 is 0 Å². The number of benzene rings is 1. The molecule has 1 rings (SSSR count). The first kappa shape index (κ1) is 17.0. The van der Waals surface area contributed by atoms with Crippen LogP contribution in [0, 0.1) is 5.92 Å². The SMILES string of the molecule is CC(C)C(CCO)NC(=O)/C=C/c1c(Cl)cccc1Cl. The third-order valence-corrected chi connectivity index (χ3v) is 3.63. The van der Waals surface area contributed by atoms with Crippen LogP contribution in [0.3, 0.4) is 0 Å². The van der Waals surface area contributed by atoms with Gasteiger partial charge in [-0.3, -0.25) is 4.79 Å². The summed E-state index contributed by atoms with van der Waals surface area (Å²) in [5.74, 6) is 0.0246. The highest BCUT2D eigenvalue weighted by Crippen LogP contribution is 2.25. The van der Waals surface area contributed by atoms with Crippen molar-refractivity contribution in [3.63, 3.8) is 0 Å². The van der Waals surface area contributed by atoms with Gasteiger partial charge in [0.05, 0.1) is 0 Å². The van der Waals surface area contributed by atoms with Crippen molar-refractivity contribution in [3.8, 4) is 0 Å². The van der Waals surface area contributed by atoms with Gasteiger partial charge in [0.2, 0.25) is 5.91 Å². The first-order valence-corrected chi connectivity index (χ1v) is 7.24. The van der Waals surface area contributed by atoms with Gasteiger partial charge in [-0.25, -0.2) is 0 Å². The number of amides is 1. The van der Waals surface area contributed by atoms with Crippen molar-refractivity contribution in [1.82, 2.24) is 5.32 Å². The van der Waals surface area contributed by atoms with E-state index in [-0.39, 0.29) is 24.5 Å². The lowest BCUT2D eigenvalue weighted by Crippen LogP contribution is -2.38. The molecule has 0 bridgehead atoms. The van der Waals surface area contributed by atoms with Crippen molar-refractivity contribution in [2.75, 3.05) is 6.61 Å². The van der Waals surface area contributed by atoms with Crippen LogP contribution in [-0.2, 0) is 4.79 Å². The van der Waals surface area contributed by atoms with Crippen molar-refractivity contribution in [1.29, 1.82) is 0 Å². The molecule has 0 aliphatic heterocycles. The summed E-state index contributed by atoms with van der Waals surface area (Å²) in [7, 11) is 0. The number of halogens is 2. The van der Waals surface area contributed by atoms with Crippen LogP contribution in [0.4, 0.5) is 0 Å². The summed E-state index contributed by atoms with van der Waals surface area (Å²) < 4.78 is 0. The van der Waals surface area contributed by atoms with E-state index in [4.69, 9.17) is 28.3 Å². The fraction of sp³-hybridized carbons (Fsp3) is 0.400. The summed E-state index contributed by atoms with van der Waals surface area (Å²) >= 11 is 12.0. The van der Waals surface area contributed by atoms with Gasteiger partial charge in [-0.15, -0.1) is 0 Å². The fourth-order valence-electron chi connectivity index (χ4n) is 1.77. The summed E-state index contributed by atoms with van der Waals surface area (Å²) in [5, 5.41) is 12.8. The molecule has 0 aromatic heterocycles. The highest BCUT2D eigenvalue weighted by Gasteiger charge is 2.14. The van der Waals surface area contributed by atoms with E-state index in [1.54, 1.807) is 24.3 Å². The van der Waals surface area contributed by atoms with E-state index in [1.807, 2.05) is 13.8 Å². The molecule has 0 saturated carbocycles. The Morgan fingerprint density at radius 1 is 1.35 bits per heavy atom. The van der Waals surface area contributed by atoms with Gasteiger partial charge in [-0.05, 0) is 30.5 Å². The Kier molecular flexibility index (Phi) is 7.06. The van der Waals surface area contributed by atoms with Crippen LogP contribution in [0.2, 0.25) is 10.0 Å². The minimum absolute atomic E-state index is 0.0448. The Hall–Kier alpha value is -1.03. The van der Waals surface area contributed by atoms with Crippen LogP contribution in [-0.4, -0.2) is 23.7 Å². The molecule has 0 spiro atoms. The molecule has 0 heterocycles. The molecular weight excluding hydrogens is 297 g/mol. The van der Waals surface area contributed by atoms with Crippen LogP contribution in [0.15, 0.2) is 24.3 Å². The van der Waals surface area contributed by atoms with Gasteiger partial charge in [0, 0.05) is 34.3 Å². The second-order valence-corrected chi connectivity index (χ2v) is 5.65. The molecule has 0 aliphatic carbocycles. The molecule has 5 heteroatoms. The summed E-state index contributed by atoms with van der Waals surface area (Å²) in [6.07, 6.45) is 3.53. The first-order valence-electron chi connectivity index (χ1n) is 6.49. The van der Waals surface area contributed by atoms with Crippen LogP contribution in [0.25, 0.3) is 6.08 Å². The summed E-state index contributed by atoms with van der Waals surface area (Å²) in [4.78, 5) is 11.9. The Balaban J connectivity index is 2.72. The summed E-state index contributed by atoms with van der Waals surface area (Å²) in [6, 6.07) is 5.12. The number of carbonyl (C=O) groups is 1. The lowest BCUT2D eigenvalue weighted by molar-refractivity contribution is -0.117. The number of nitrogens with one attached hydrogen (secondary N) is 1. The standard InChI is InChI=1S/C15H19Cl2NO2/c1-10(2)14(8-9-19)18-15(20)7-6-11-12(16)4-3-5-13(11)17/h3-7,10,14,19H,8-9H2,1-2H3,(H,18,20)/b7-6+. The van der Waals surface area contributed by atoms with Crippen LogP contribution in [0.1, 0.15) is 25.8 Å². The van der Waals surface area contributed by atoms with E-state index in [0.29, 0.717) is 22.0 Å². The average Bonchev–Trinajstić information content (AvgIpc) is 2.37. The maximum Gasteiger partial charge on any atom is 0.244 e. The van der Waals surface area contributed by atoms with Gasteiger partial charge in [-0.1, -0.05) is 43.1 Å². The van der Waals surface area contributed by atoms with Gasteiger partial charge in [0.15, 0.2) is 0 Å². The highest BCUT2D eigenvalue weighted by atomic mass is 35.5. The molecule has 1 aromatic carbocycles. The zero-order valence-electron chi connectivity index (χ0n) is 11.6. The monoisotopic (exact) mass is 315 g/mol. The molecule has 1 aromatic rings. The van der Waals surface area contributed by atoms with Crippen molar-refractivity contribution in [3.05, 3.63) is 39.9 Å². The maximum atomic E-state index is 11.9. The number of rotatable bonds is 6. The van der Waals surface area contributed by atoms with E-state index in [0.717, 1.165) is 0 Å². The Morgan fingerprint density at radius 3 is 2.45 bits per heavy atom. The van der Waals surface area contributed by atoms with E-state index in [1.165, 1.54) is 6.08 Å². The smallest absolute Gasteiger partial charge is 0.244 e. The molecule has 20 heavy (non-hydrogen) atoms. The summed E-state index contributed by atoms with van der Waals surface area (Å²) in [6.45, 7) is 4.04. The Bertz CT molecular complexity index is 467. The van der Waals surface area contributed by atoms with Crippen molar-refractivity contribution in [2.45, 2.75) is 26.3 Å². The molecule has 2 N–H and O–H groups in total. The molecule has 0 saturated heterocycles. The van der Waals surface area contributed by atoms with Crippen molar-refractivity contribution < 1.29 is 9.90 Å². The maximum absolute atomic E-state index is 11.9. The largest absolute Gasteiger partial charge is 0.396 e. The lowest BCUT2D eigenvalue weighted by Gasteiger charge is -2.20. The molecule has 1 unspecified atom stereocenters. The zero-order chi connectivity index (χ0) is 15.1. The normalized spacial score (nSPS) is 12.9. The van der Waals surface area contributed by atoms with Crippen LogP contribution >= 0.6 is 23.2 Å². The average molecular weight is 316 g/mol. The van der Waals surface area contributed by atoms with Crippen LogP contribution < -0.4 is 5.32 Å². The highest BCUT2D eigenvalue weighted by molar-refractivity contribution is 6.37. The van der Waals surface area contributed by atoms with Gasteiger partial charge in [0.25, 0.3) is 0 Å². The zero-order valence-corrected chi connectivity index (χ0v) is 13.1. The number of aliphatic hydroxyl groups excluding tert-OH is 1. The van der Waals surface area contributed by atoms with Gasteiger partial charge < -0.3 is 10.4 Å². The van der Waals surface area contributed by atoms with Crippen LogP contribution in [0.5, 0.6) is 0 Å². The predicted molar refractivity (Wildman–Crippen MR) is 84.0 cm³/mol. The molecule has 0 aliphatic rings. The van der Waals surface area contributed by atoms with Crippen molar-refractivity contribution in [2.24, 2.45) is 5.92 Å². The number of carbonyl (C=O) groups excluding carboxylic acids is 1. The first-order chi connectivity index (χ1) is 9.45. The Labute approximate surface area is 129 Å². The third-order valence-electron chi connectivity index (χ3n) is 2.97. The van der Waals surface area contributed by atoms with E-state index < -0.39 is 0 Å². The van der Waals surface area contributed by atoms with Gasteiger partial charge in [-0.2, -0.15) is 0 Å². The fourth-order valence-corrected chi connectivity index (χ4v) is 2.29. The second kappa shape index (κ2) is 8.30. The molecular formula is C15H19Cl2NO2. The minimum atomic E-state index is -0.229. The Morgan fingerprint density at radius 2 is 1.95 bits per heavy atom. The number of aliphatic hydroxyl groups is 1. The predicted octanol–water partition coefficient (Wildman–Crippen LogP) is 3.53. The van der Waals surface area contributed by atoms with E-state index in [9.17, 15) is 4.79 Å². The molecule has 1 amide bonds. The van der Waals surface area contributed by atoms with Gasteiger partial charge >= 0.3 is 0 Å². The number of hydrogen-bond acceptors (Lipinski definition) is 2. The quantitative estimate of drug-likeness (QED) is 0.789.